The summed E-state index contributed by atoms with van der Waals surface area (Å²) in [6.07, 6.45) is -10.1. The van der Waals surface area contributed by atoms with Gasteiger partial charge in [-0.1, -0.05) is 163 Å². The van der Waals surface area contributed by atoms with Crippen LogP contribution in [0.1, 0.15) is 11.1 Å². The monoisotopic (exact) mass is 900 g/mol. The molecule has 0 aromatic heterocycles. The van der Waals surface area contributed by atoms with Gasteiger partial charge in [0.25, 0.3) is 6.71 Å². The number of hydrogen-bond donors (Lipinski definition) is 0. The van der Waals surface area contributed by atoms with Gasteiger partial charge >= 0.3 is 12.4 Å². The van der Waals surface area contributed by atoms with Crippen molar-refractivity contribution in [3.8, 4) is 33.4 Å². The van der Waals surface area contributed by atoms with Crippen LogP contribution in [0.25, 0.3) is 33.4 Å². The number of fused-ring (bicyclic) bond motifs is 10. The average Bonchev–Trinajstić information content (AvgIpc) is 3.35. The third-order valence-electron chi connectivity index (χ3n) is 13.7. The van der Waals surface area contributed by atoms with Crippen LogP contribution in [0.2, 0.25) is 0 Å². The lowest BCUT2D eigenvalue weighted by Crippen LogP contribution is -2.68. The van der Waals surface area contributed by atoms with Gasteiger partial charge in [0.15, 0.2) is 0 Å². The van der Waals surface area contributed by atoms with E-state index in [4.69, 9.17) is 0 Å². The van der Waals surface area contributed by atoms with Crippen LogP contribution in [0, 0.1) is 0 Å². The Morgan fingerprint density at radius 1 is 0.343 bits per heavy atom. The van der Waals surface area contributed by atoms with Crippen molar-refractivity contribution in [1.82, 2.24) is 0 Å². The number of rotatable bonds is 4. The van der Waals surface area contributed by atoms with E-state index < -0.39 is 30.2 Å². The molecular formula is C56H32B2F6N2S. The maximum Gasteiger partial charge on any atom is 0.418 e. The molecule has 4 aliphatic rings. The van der Waals surface area contributed by atoms with Gasteiger partial charge in [-0.25, -0.2) is 0 Å². The van der Waals surface area contributed by atoms with E-state index in [0.29, 0.717) is 11.4 Å². The molecule has 9 aromatic rings. The molecule has 13 rings (SSSR count). The highest BCUT2D eigenvalue weighted by molar-refractivity contribution is 8.00. The second-order valence-corrected chi connectivity index (χ2v) is 18.5. The molecule has 0 fully saturated rings. The van der Waals surface area contributed by atoms with Crippen LogP contribution in [0.4, 0.5) is 60.5 Å². The van der Waals surface area contributed by atoms with E-state index in [1.807, 2.05) is 91.0 Å². The highest BCUT2D eigenvalue weighted by Crippen LogP contribution is 2.51. The zero-order valence-corrected chi connectivity index (χ0v) is 36.0. The van der Waals surface area contributed by atoms with E-state index in [1.54, 1.807) is 16.7 Å². The summed E-state index contributed by atoms with van der Waals surface area (Å²) < 4.78 is 89.5. The first-order valence-corrected chi connectivity index (χ1v) is 22.8. The van der Waals surface area contributed by atoms with E-state index in [2.05, 4.69) is 89.8 Å². The quantitative estimate of drug-likeness (QED) is 0.128. The van der Waals surface area contributed by atoms with Crippen LogP contribution < -0.4 is 42.6 Å². The molecule has 320 valence electrons. The molecular weight excluding hydrogens is 868 g/mol. The van der Waals surface area contributed by atoms with Gasteiger partial charge < -0.3 is 9.80 Å². The first-order chi connectivity index (χ1) is 32.5. The van der Waals surface area contributed by atoms with Gasteiger partial charge in [-0.2, -0.15) is 26.3 Å². The van der Waals surface area contributed by atoms with Crippen molar-refractivity contribution < 1.29 is 26.3 Å². The molecule has 11 heteroatoms. The van der Waals surface area contributed by atoms with E-state index in [9.17, 15) is 13.2 Å². The van der Waals surface area contributed by atoms with Gasteiger partial charge in [0, 0.05) is 38.2 Å². The third kappa shape index (κ3) is 6.10. The molecule has 9 aromatic carbocycles. The van der Waals surface area contributed by atoms with Gasteiger partial charge in [0.2, 0.25) is 6.71 Å². The molecule has 0 saturated heterocycles. The van der Waals surface area contributed by atoms with Crippen LogP contribution in [0.15, 0.2) is 204 Å². The van der Waals surface area contributed by atoms with Crippen molar-refractivity contribution in [3.63, 3.8) is 0 Å². The summed E-state index contributed by atoms with van der Waals surface area (Å²) in [6.45, 7) is -0.729. The van der Waals surface area contributed by atoms with Gasteiger partial charge in [-0.05, 0) is 109 Å². The smallest absolute Gasteiger partial charge is 0.312 e. The minimum Gasteiger partial charge on any atom is -0.312 e. The Morgan fingerprint density at radius 2 is 0.806 bits per heavy atom. The van der Waals surface area contributed by atoms with Crippen molar-refractivity contribution in [3.05, 3.63) is 205 Å². The zero-order chi connectivity index (χ0) is 45.3. The maximum atomic E-state index is 15.5. The second kappa shape index (κ2) is 14.6. The maximum absolute atomic E-state index is 15.5. The van der Waals surface area contributed by atoms with Crippen LogP contribution >= 0.6 is 11.8 Å². The summed E-state index contributed by atoms with van der Waals surface area (Å²) in [5.41, 5.74) is 12.3. The molecule has 0 radical (unpaired) electrons. The third-order valence-corrected chi connectivity index (χ3v) is 14.9. The summed E-state index contributed by atoms with van der Waals surface area (Å²) in [5.74, 6) is 0. The van der Waals surface area contributed by atoms with E-state index in [-0.39, 0.29) is 18.5 Å². The van der Waals surface area contributed by atoms with E-state index >= 15 is 13.2 Å². The molecule has 0 N–H and O–H groups in total. The molecule has 0 bridgehead atoms. The Kier molecular flexibility index (Phi) is 8.69. The number of anilines is 6. The first kappa shape index (κ1) is 40.0. The number of hydrogen-bond acceptors (Lipinski definition) is 3. The Labute approximate surface area is 387 Å². The Bertz CT molecular complexity index is 3510. The average molecular weight is 901 g/mol. The van der Waals surface area contributed by atoms with Crippen LogP contribution in [-0.4, -0.2) is 13.4 Å². The molecule has 0 amide bonds. The SMILES string of the molecule is FC(F)(F)c1ccc(N2c3ccc(-c4ccccc4)cc3B3c4cc(-c5ccccc5)ccc4N4c5ccc(-c6ccccc6)cc5B5c6ccccc6Sc6cc2c3c4c65)c(C(F)(F)F)c1. The van der Waals surface area contributed by atoms with Gasteiger partial charge in [0.05, 0.1) is 16.8 Å². The Morgan fingerprint density at radius 3 is 1.31 bits per heavy atom. The lowest BCUT2D eigenvalue weighted by molar-refractivity contribution is -0.142. The number of halogens is 6. The topological polar surface area (TPSA) is 6.48 Å². The summed E-state index contributed by atoms with van der Waals surface area (Å²) in [4.78, 5) is 5.77. The van der Waals surface area contributed by atoms with Crippen molar-refractivity contribution in [1.29, 1.82) is 0 Å². The summed E-state index contributed by atoms with van der Waals surface area (Å²) in [7, 11) is 0. The Balaban J connectivity index is 1.17. The molecule has 0 saturated carbocycles. The summed E-state index contributed by atoms with van der Waals surface area (Å²) in [5, 5.41) is 0. The molecule has 0 spiro atoms. The van der Waals surface area contributed by atoms with E-state index in [0.717, 1.165) is 105 Å². The fourth-order valence-electron chi connectivity index (χ4n) is 10.9. The van der Waals surface area contributed by atoms with E-state index in [1.165, 1.54) is 0 Å². The molecule has 4 heterocycles. The van der Waals surface area contributed by atoms with Crippen LogP contribution in [-0.2, 0) is 12.4 Å². The van der Waals surface area contributed by atoms with Crippen LogP contribution in [0.3, 0.4) is 0 Å². The van der Waals surface area contributed by atoms with Gasteiger partial charge in [0.1, 0.15) is 0 Å². The standard InChI is InChI=1S/C56H32B2F6N2S/c59-55(60,61)39-23-27-45(40(31-39)56(62,63)64)65-46-24-20-36(33-12-4-1-5-13-33)28-42(46)58-44-30-38(35-16-8-3-9-17-35)22-26-48(44)66-47-25-21-37(34-14-6-2-7-15-34)29-43(47)57-41-18-10-11-19-50(41)67-51-32-49(65)52(58)54(66)53(51)57/h1-32H. The molecule has 0 atom stereocenters. The lowest BCUT2D eigenvalue weighted by atomic mass is 9.29. The minimum absolute atomic E-state index is 0.240. The highest BCUT2D eigenvalue weighted by atomic mass is 32.2. The normalized spacial score (nSPS) is 13.9. The first-order valence-electron chi connectivity index (χ1n) is 22.0. The van der Waals surface area contributed by atoms with Crippen molar-refractivity contribution >= 4 is 92.1 Å². The van der Waals surface area contributed by atoms with Crippen molar-refractivity contribution in [2.75, 3.05) is 9.80 Å². The predicted molar refractivity (Wildman–Crippen MR) is 262 cm³/mol. The fourth-order valence-corrected chi connectivity index (χ4v) is 12.1. The summed E-state index contributed by atoms with van der Waals surface area (Å²) in [6, 6.07) is 61.4. The van der Waals surface area contributed by atoms with Gasteiger partial charge in [-0.15, -0.1) is 0 Å². The fraction of sp³-hybridized carbons (Fsp3) is 0.0357. The minimum atomic E-state index is -5.13. The highest BCUT2D eigenvalue weighted by Gasteiger charge is 2.51. The number of alkyl halides is 6. The van der Waals surface area contributed by atoms with Gasteiger partial charge in [-0.3, -0.25) is 0 Å². The molecule has 4 aliphatic heterocycles. The van der Waals surface area contributed by atoms with Crippen molar-refractivity contribution in [2.45, 2.75) is 22.1 Å². The van der Waals surface area contributed by atoms with Crippen molar-refractivity contribution in [2.24, 2.45) is 0 Å². The second-order valence-electron chi connectivity index (χ2n) is 17.4. The molecule has 0 aliphatic carbocycles. The largest absolute Gasteiger partial charge is 0.418 e. The Hall–Kier alpha value is -7.36. The zero-order valence-electron chi connectivity index (χ0n) is 35.2. The number of nitrogens with zero attached hydrogens (tertiary/aromatic N) is 2. The lowest BCUT2D eigenvalue weighted by Gasteiger charge is -2.49. The predicted octanol–water partition coefficient (Wildman–Crippen LogP) is 12.1. The molecule has 2 nitrogen and oxygen atoms in total. The molecule has 0 unspecified atom stereocenters. The molecule has 67 heavy (non-hydrogen) atoms. The summed E-state index contributed by atoms with van der Waals surface area (Å²) >= 11 is 1.58. The number of benzene rings is 9. The van der Waals surface area contributed by atoms with Crippen LogP contribution in [0.5, 0.6) is 0 Å².